The van der Waals surface area contributed by atoms with Gasteiger partial charge in [0.05, 0.1) is 5.75 Å². The van der Waals surface area contributed by atoms with Crippen molar-refractivity contribution in [3.8, 4) is 0 Å². The van der Waals surface area contributed by atoms with Crippen molar-refractivity contribution in [3.05, 3.63) is 0 Å². The Bertz CT molecular complexity index is 939. The van der Waals surface area contributed by atoms with Crippen LogP contribution in [0.25, 0.3) is 0 Å². The highest BCUT2D eigenvalue weighted by atomic mass is 32.2. The monoisotopic (exact) mass is 497 g/mol. The maximum Gasteiger partial charge on any atom is 0.283 e. The molecule has 1 saturated heterocycles. The van der Waals surface area contributed by atoms with Gasteiger partial charge < -0.3 is 10.9 Å². The molecule has 1 aliphatic heterocycles. The second kappa shape index (κ2) is 10.4. The van der Waals surface area contributed by atoms with E-state index in [1.54, 1.807) is 6.92 Å². The lowest BCUT2D eigenvalue weighted by Crippen LogP contribution is -2.50. The van der Waals surface area contributed by atoms with Crippen molar-refractivity contribution in [3.63, 3.8) is 0 Å². The van der Waals surface area contributed by atoms with Gasteiger partial charge >= 0.3 is 0 Å². The highest BCUT2D eigenvalue weighted by Gasteiger charge is 2.42. The number of nitrogens with zero attached hydrogens (tertiary/aromatic N) is 4. The molecule has 0 bridgehead atoms. The molecule has 0 amide bonds. The van der Waals surface area contributed by atoms with Gasteiger partial charge in [-0.15, -0.1) is 5.10 Å². The van der Waals surface area contributed by atoms with Crippen LogP contribution in [0.1, 0.15) is 46.5 Å². The van der Waals surface area contributed by atoms with Crippen LogP contribution in [0.4, 0.5) is 0 Å². The predicted molar refractivity (Wildman–Crippen MR) is 123 cm³/mol. The minimum atomic E-state index is -4.02. The third kappa shape index (κ3) is 7.06. The Morgan fingerprint density at radius 3 is 2.32 bits per heavy atom. The van der Waals surface area contributed by atoms with Gasteiger partial charge in [0, 0.05) is 26.8 Å². The van der Waals surface area contributed by atoms with Gasteiger partial charge in [0.1, 0.15) is 6.73 Å². The zero-order valence-electron chi connectivity index (χ0n) is 19.7. The lowest BCUT2D eigenvalue weighted by Gasteiger charge is -2.40. The fourth-order valence-corrected chi connectivity index (χ4v) is 7.29. The van der Waals surface area contributed by atoms with Crippen molar-refractivity contribution in [1.82, 2.24) is 25.2 Å². The van der Waals surface area contributed by atoms with Crippen LogP contribution in [0.3, 0.4) is 0 Å². The van der Waals surface area contributed by atoms with Gasteiger partial charge in [-0.2, -0.15) is 9.29 Å². The smallest absolute Gasteiger partial charge is 0.283 e. The number of sulfone groups is 1. The molecule has 0 aliphatic carbocycles. The van der Waals surface area contributed by atoms with Crippen LogP contribution in [-0.2, 0) is 31.3 Å². The number of piperidine rings is 1. The summed E-state index contributed by atoms with van der Waals surface area (Å²) in [7, 11) is -9.11. The molecule has 0 saturated carbocycles. The van der Waals surface area contributed by atoms with E-state index >= 15 is 0 Å². The van der Waals surface area contributed by atoms with E-state index in [1.807, 2.05) is 13.8 Å². The first kappa shape index (κ1) is 28.2. The molecule has 2 heterocycles. The van der Waals surface area contributed by atoms with Gasteiger partial charge in [-0.3, -0.25) is 0 Å². The van der Waals surface area contributed by atoms with Crippen LogP contribution >= 0.6 is 0 Å². The molecule has 3 N–H and O–H groups in total. The maximum absolute atomic E-state index is 13.3. The largest absolute Gasteiger partial charge is 0.359 e. The van der Waals surface area contributed by atoms with Gasteiger partial charge in [0.15, 0.2) is 0 Å². The number of hydrogen-bond acceptors (Lipinski definition) is 8. The van der Waals surface area contributed by atoms with E-state index < -0.39 is 38.6 Å². The highest BCUT2D eigenvalue weighted by Crippen LogP contribution is 2.32. The molecule has 182 valence electrons. The quantitative estimate of drug-likeness (QED) is 0.383. The first-order valence-electron chi connectivity index (χ1n) is 10.5. The number of aromatic nitrogens is 3. The van der Waals surface area contributed by atoms with E-state index in [2.05, 4.69) is 29.7 Å². The van der Waals surface area contributed by atoms with Crippen molar-refractivity contribution in [2.75, 3.05) is 18.9 Å². The van der Waals surface area contributed by atoms with E-state index in [0.29, 0.717) is 19.6 Å². The first-order chi connectivity index (χ1) is 13.7. The fourth-order valence-electron chi connectivity index (χ4n) is 3.41. The summed E-state index contributed by atoms with van der Waals surface area (Å²) in [5, 5.41) is 3.28. The van der Waals surface area contributed by atoms with Crippen molar-refractivity contribution >= 4 is 27.9 Å². The van der Waals surface area contributed by atoms with Gasteiger partial charge in [0.2, 0.25) is 15.0 Å². The molecule has 1 aliphatic rings. The molecular formula is C18H39N5O5S2Si. The van der Waals surface area contributed by atoms with Crippen molar-refractivity contribution in [2.45, 2.75) is 94.7 Å². The van der Waals surface area contributed by atoms with Crippen molar-refractivity contribution < 1.29 is 21.6 Å². The lowest BCUT2D eigenvalue weighted by molar-refractivity contribution is 0.0707. The van der Waals surface area contributed by atoms with E-state index in [0.717, 1.165) is 30.0 Å². The molecule has 0 spiro atoms. The first-order valence-corrected chi connectivity index (χ1v) is 17.3. The van der Waals surface area contributed by atoms with Gasteiger partial charge in [0.25, 0.3) is 15.2 Å². The summed E-state index contributed by atoms with van der Waals surface area (Å²) in [4.78, 5) is 4.00. The molecule has 0 atom stereocenters. The molecule has 31 heavy (non-hydrogen) atoms. The number of hydrogen-bond donors (Lipinski definition) is 1. The Kier molecular flexibility index (Phi) is 9.43. The lowest BCUT2D eigenvalue weighted by atomic mass is 9.93. The Morgan fingerprint density at radius 1 is 1.13 bits per heavy atom. The summed E-state index contributed by atoms with van der Waals surface area (Å²) in [6, 6.07) is 0.909. The zero-order valence-corrected chi connectivity index (χ0v) is 22.4. The molecule has 13 heteroatoms. The van der Waals surface area contributed by atoms with E-state index in [1.165, 1.54) is 4.31 Å². The second-order valence-corrected chi connectivity index (χ2v) is 19.1. The number of rotatable bonds is 10. The number of sulfonamides is 1. The minimum Gasteiger partial charge on any atom is -0.359 e. The predicted octanol–water partition coefficient (Wildman–Crippen LogP) is 2.89. The third-order valence-corrected chi connectivity index (χ3v) is 10.6. The normalized spacial score (nSPS) is 18.0. The average Bonchev–Trinajstić information content (AvgIpc) is 3.03. The third-order valence-electron chi connectivity index (χ3n) is 5.18. The summed E-state index contributed by atoms with van der Waals surface area (Å²) >= 11 is 0. The van der Waals surface area contributed by atoms with Crippen LogP contribution in [0.2, 0.25) is 25.7 Å². The Labute approximate surface area is 188 Å². The van der Waals surface area contributed by atoms with Crippen LogP contribution in [0.15, 0.2) is 10.3 Å². The van der Waals surface area contributed by atoms with E-state index in [4.69, 9.17) is 4.74 Å². The molecule has 10 nitrogen and oxygen atoms in total. The zero-order chi connectivity index (χ0) is 22.8. The molecule has 1 aromatic rings. The molecule has 0 aromatic carbocycles. The van der Waals surface area contributed by atoms with Gasteiger partial charge in [-0.25, -0.2) is 21.5 Å². The molecular weight excluding hydrogens is 458 g/mol. The molecule has 1 fully saturated rings. The summed E-state index contributed by atoms with van der Waals surface area (Å²) in [5.74, 6) is -0.130. The van der Waals surface area contributed by atoms with Crippen molar-refractivity contribution in [2.24, 2.45) is 0 Å². The number of ether oxygens (including phenoxy) is 1. The summed E-state index contributed by atoms with van der Waals surface area (Å²) < 4.78 is 60.1. The van der Waals surface area contributed by atoms with E-state index in [-0.39, 0.29) is 23.8 Å². The summed E-state index contributed by atoms with van der Waals surface area (Å²) in [6.07, 6.45) is 2.83. The van der Waals surface area contributed by atoms with Gasteiger partial charge in [-0.05, 0) is 39.2 Å². The highest BCUT2D eigenvalue weighted by molar-refractivity contribution is 7.91. The van der Waals surface area contributed by atoms with Gasteiger partial charge in [-0.1, -0.05) is 33.0 Å². The van der Waals surface area contributed by atoms with E-state index in [9.17, 15) is 16.8 Å². The summed E-state index contributed by atoms with van der Waals surface area (Å²) in [6.45, 7) is 12.8. The van der Waals surface area contributed by atoms with Crippen molar-refractivity contribution in [1.29, 1.82) is 0 Å². The molecule has 2 rings (SSSR count). The molecule has 0 radical (unpaired) electrons. The second-order valence-electron chi connectivity index (χ2n) is 9.69. The molecule has 0 unspecified atom stereocenters. The van der Waals surface area contributed by atoms with Crippen LogP contribution < -0.4 is 6.15 Å². The maximum atomic E-state index is 13.3. The molecule has 1 aromatic heterocycles. The fraction of sp³-hybridized carbons (Fsp3) is 0.889. The topological polar surface area (TPSA) is 146 Å². The van der Waals surface area contributed by atoms with Crippen LogP contribution in [0.5, 0.6) is 0 Å². The average molecular weight is 498 g/mol. The van der Waals surface area contributed by atoms with Crippen LogP contribution in [-0.4, -0.2) is 68.4 Å². The Hall–Kier alpha value is -0.863. The minimum absolute atomic E-state index is 0. The SMILES string of the molecule is CCCS(=O)(=O)c1nc(S(=O)(=O)N2CCCCC2(C)C)nn1COCC[Si](C)(C)C.N. The Balaban J connectivity index is 0.00000480. The summed E-state index contributed by atoms with van der Waals surface area (Å²) in [5.41, 5.74) is -0.571. The standard InChI is InChI=1S/C18H36N4O5S2Si.H3N/c1-7-13-28(23,24)17-19-16(20-21(17)15-27-12-14-30(4,5)6)29(25,26)22-11-9-8-10-18(22,2)3;/h7-15H2,1-6H3;1H3. The Morgan fingerprint density at radius 2 is 1.77 bits per heavy atom. The van der Waals surface area contributed by atoms with Crippen LogP contribution in [0, 0.1) is 0 Å².